The fourth-order valence-electron chi connectivity index (χ4n) is 1.77. The highest BCUT2D eigenvalue weighted by Crippen LogP contribution is 2.30. The molecule has 0 saturated heterocycles. The van der Waals surface area contributed by atoms with Gasteiger partial charge in [0.2, 0.25) is 0 Å². The minimum absolute atomic E-state index is 0.0519. The van der Waals surface area contributed by atoms with Crippen molar-refractivity contribution in [2.75, 3.05) is 5.73 Å². The second-order valence-corrected chi connectivity index (χ2v) is 4.61. The Bertz CT molecular complexity index is 645. The van der Waals surface area contributed by atoms with Crippen LogP contribution in [0.4, 0.5) is 5.69 Å². The Balaban J connectivity index is 2.29. The molecule has 0 fully saturated rings. The van der Waals surface area contributed by atoms with E-state index in [2.05, 4.69) is 6.07 Å². The molecule has 0 heterocycles. The summed E-state index contributed by atoms with van der Waals surface area (Å²) in [5.41, 5.74) is 6.86. The van der Waals surface area contributed by atoms with Crippen LogP contribution in [-0.2, 0) is 0 Å². The molecule has 4 heteroatoms. The van der Waals surface area contributed by atoms with E-state index >= 15 is 0 Å². The molecule has 0 aliphatic carbocycles. The average Bonchev–Trinajstić information content (AvgIpc) is 2.37. The van der Waals surface area contributed by atoms with Crippen molar-refractivity contribution in [1.29, 1.82) is 5.26 Å². The topological polar surface area (TPSA) is 68.3 Å². The second kappa shape index (κ2) is 5.98. The van der Waals surface area contributed by atoms with Crippen LogP contribution in [0.2, 0.25) is 0 Å². The van der Waals surface area contributed by atoms with Crippen molar-refractivity contribution in [1.82, 2.24) is 0 Å². The van der Waals surface area contributed by atoms with Crippen molar-refractivity contribution in [2.24, 2.45) is 0 Å². The van der Waals surface area contributed by atoms with Crippen molar-refractivity contribution in [3.63, 3.8) is 0 Å². The third kappa shape index (κ3) is 3.42. The monoisotopic (exact) mass is 268 g/mol. The Morgan fingerprint density at radius 1 is 1.10 bits per heavy atom. The number of nitrogens with two attached hydrogens (primary N) is 1. The second-order valence-electron chi connectivity index (χ2n) is 4.61. The highest BCUT2D eigenvalue weighted by Gasteiger charge is 2.07. The summed E-state index contributed by atoms with van der Waals surface area (Å²) in [4.78, 5) is 0. The smallest absolute Gasteiger partial charge is 0.145 e. The van der Waals surface area contributed by atoms with Gasteiger partial charge in [-0.05, 0) is 26.0 Å². The molecule has 0 aromatic heterocycles. The van der Waals surface area contributed by atoms with E-state index < -0.39 is 0 Å². The van der Waals surface area contributed by atoms with Gasteiger partial charge in [0, 0.05) is 23.9 Å². The zero-order valence-corrected chi connectivity index (χ0v) is 11.5. The first-order chi connectivity index (χ1) is 9.58. The van der Waals surface area contributed by atoms with Crippen LogP contribution in [0.1, 0.15) is 19.4 Å². The lowest BCUT2D eigenvalue weighted by Gasteiger charge is -2.13. The van der Waals surface area contributed by atoms with E-state index in [1.54, 1.807) is 36.4 Å². The summed E-state index contributed by atoms with van der Waals surface area (Å²) in [6.07, 6.45) is 0.0519. The van der Waals surface area contributed by atoms with Gasteiger partial charge in [-0.3, -0.25) is 0 Å². The summed E-state index contributed by atoms with van der Waals surface area (Å²) in [5.74, 6) is 1.68. The number of nitriles is 1. The first kappa shape index (κ1) is 13.8. The quantitative estimate of drug-likeness (QED) is 0.858. The van der Waals surface area contributed by atoms with E-state index in [-0.39, 0.29) is 6.10 Å². The van der Waals surface area contributed by atoms with Crippen LogP contribution in [0.15, 0.2) is 42.5 Å². The van der Waals surface area contributed by atoms with Gasteiger partial charge < -0.3 is 15.2 Å². The zero-order chi connectivity index (χ0) is 14.5. The minimum atomic E-state index is 0.0519. The number of hydrogen-bond donors (Lipinski definition) is 1. The molecule has 0 aliphatic rings. The molecule has 0 amide bonds. The number of ether oxygens (including phenoxy) is 2. The summed E-state index contributed by atoms with van der Waals surface area (Å²) < 4.78 is 11.3. The predicted molar refractivity (Wildman–Crippen MR) is 77.8 cm³/mol. The highest BCUT2D eigenvalue weighted by atomic mass is 16.5. The van der Waals surface area contributed by atoms with E-state index in [9.17, 15) is 0 Å². The SMILES string of the molecule is CC(C)Oc1cc(N)cc(Oc2ccccc2C#N)c1. The molecule has 20 heavy (non-hydrogen) atoms. The standard InChI is InChI=1S/C16H16N2O2/c1-11(2)19-14-7-13(18)8-15(9-14)20-16-6-4-3-5-12(16)10-17/h3-9,11H,18H2,1-2H3. The molecule has 0 atom stereocenters. The molecular weight excluding hydrogens is 252 g/mol. The van der Waals surface area contributed by atoms with Crippen LogP contribution >= 0.6 is 0 Å². The van der Waals surface area contributed by atoms with Gasteiger partial charge in [-0.25, -0.2) is 0 Å². The summed E-state index contributed by atoms with van der Waals surface area (Å²) in [7, 11) is 0. The molecule has 2 aromatic carbocycles. The Morgan fingerprint density at radius 3 is 2.50 bits per heavy atom. The lowest BCUT2D eigenvalue weighted by Crippen LogP contribution is -2.06. The van der Waals surface area contributed by atoms with Gasteiger partial charge in [-0.15, -0.1) is 0 Å². The molecule has 4 nitrogen and oxygen atoms in total. The molecule has 2 N–H and O–H groups in total. The van der Waals surface area contributed by atoms with Crippen LogP contribution in [0.25, 0.3) is 0 Å². The molecule has 0 spiro atoms. The van der Waals surface area contributed by atoms with Gasteiger partial charge in [-0.2, -0.15) is 5.26 Å². The van der Waals surface area contributed by atoms with Crippen molar-refractivity contribution in [3.8, 4) is 23.3 Å². The summed E-state index contributed by atoms with van der Waals surface area (Å²) >= 11 is 0. The largest absolute Gasteiger partial charge is 0.491 e. The molecule has 2 aromatic rings. The number of anilines is 1. The molecule has 102 valence electrons. The minimum Gasteiger partial charge on any atom is -0.491 e. The van der Waals surface area contributed by atoms with E-state index in [1.807, 2.05) is 19.9 Å². The van der Waals surface area contributed by atoms with E-state index in [0.29, 0.717) is 28.5 Å². The van der Waals surface area contributed by atoms with Crippen molar-refractivity contribution < 1.29 is 9.47 Å². The van der Waals surface area contributed by atoms with E-state index in [0.717, 1.165) is 0 Å². The Kier molecular flexibility index (Phi) is 4.11. The van der Waals surface area contributed by atoms with Crippen LogP contribution < -0.4 is 15.2 Å². The molecule has 0 aliphatic heterocycles. The normalized spacial score (nSPS) is 10.1. The number of hydrogen-bond acceptors (Lipinski definition) is 4. The van der Waals surface area contributed by atoms with Crippen LogP contribution in [0.5, 0.6) is 17.2 Å². The first-order valence-corrected chi connectivity index (χ1v) is 6.32. The molecular formula is C16H16N2O2. The Hall–Kier alpha value is -2.67. The predicted octanol–water partition coefficient (Wildman–Crippen LogP) is 3.72. The number of para-hydroxylation sites is 1. The number of nitrogen functional groups attached to an aromatic ring is 1. The van der Waals surface area contributed by atoms with Crippen LogP contribution in [0, 0.1) is 11.3 Å². The molecule has 0 radical (unpaired) electrons. The molecule has 2 rings (SSSR count). The fraction of sp³-hybridized carbons (Fsp3) is 0.188. The van der Waals surface area contributed by atoms with Gasteiger partial charge >= 0.3 is 0 Å². The van der Waals surface area contributed by atoms with Crippen molar-refractivity contribution in [2.45, 2.75) is 20.0 Å². The summed E-state index contributed by atoms with van der Waals surface area (Å²) in [6.45, 7) is 3.88. The van der Waals surface area contributed by atoms with Crippen LogP contribution in [-0.4, -0.2) is 6.10 Å². The highest BCUT2D eigenvalue weighted by molar-refractivity contribution is 5.53. The maximum Gasteiger partial charge on any atom is 0.145 e. The lowest BCUT2D eigenvalue weighted by atomic mass is 10.2. The Labute approximate surface area is 118 Å². The number of nitrogens with zero attached hydrogens (tertiary/aromatic N) is 1. The van der Waals surface area contributed by atoms with Gasteiger partial charge in [0.15, 0.2) is 0 Å². The number of rotatable bonds is 4. The molecule has 0 bridgehead atoms. The van der Waals surface area contributed by atoms with Gasteiger partial charge in [0.05, 0.1) is 11.7 Å². The van der Waals surface area contributed by atoms with Crippen molar-refractivity contribution in [3.05, 3.63) is 48.0 Å². The summed E-state index contributed by atoms with van der Waals surface area (Å²) in [5, 5.41) is 9.05. The van der Waals surface area contributed by atoms with Gasteiger partial charge in [-0.1, -0.05) is 12.1 Å². The zero-order valence-electron chi connectivity index (χ0n) is 11.5. The molecule has 0 saturated carbocycles. The van der Waals surface area contributed by atoms with Crippen LogP contribution in [0.3, 0.4) is 0 Å². The number of benzene rings is 2. The average molecular weight is 268 g/mol. The van der Waals surface area contributed by atoms with E-state index in [4.69, 9.17) is 20.5 Å². The summed E-state index contributed by atoms with van der Waals surface area (Å²) in [6, 6.07) is 14.3. The Morgan fingerprint density at radius 2 is 1.80 bits per heavy atom. The lowest BCUT2D eigenvalue weighted by molar-refractivity contribution is 0.242. The maximum absolute atomic E-state index is 9.05. The fourth-order valence-corrected chi connectivity index (χ4v) is 1.77. The third-order valence-corrected chi connectivity index (χ3v) is 2.51. The third-order valence-electron chi connectivity index (χ3n) is 2.51. The first-order valence-electron chi connectivity index (χ1n) is 6.32. The van der Waals surface area contributed by atoms with Crippen molar-refractivity contribution >= 4 is 5.69 Å². The van der Waals surface area contributed by atoms with E-state index in [1.165, 1.54) is 0 Å². The van der Waals surface area contributed by atoms with Gasteiger partial charge in [0.25, 0.3) is 0 Å². The van der Waals surface area contributed by atoms with Gasteiger partial charge in [0.1, 0.15) is 23.3 Å². The maximum atomic E-state index is 9.05. The molecule has 0 unspecified atom stereocenters.